The van der Waals surface area contributed by atoms with Crippen molar-refractivity contribution in [2.45, 2.75) is 6.42 Å². The fourth-order valence-electron chi connectivity index (χ4n) is 0.702. The van der Waals surface area contributed by atoms with E-state index in [1.165, 1.54) is 0 Å². The first-order valence-electron chi connectivity index (χ1n) is 3.12. The van der Waals surface area contributed by atoms with E-state index in [-0.39, 0.29) is 5.92 Å². The lowest BCUT2D eigenvalue weighted by atomic mass is 10.1. The molecule has 54 valence electrons. The van der Waals surface area contributed by atoms with E-state index in [1.54, 1.807) is 0 Å². The summed E-state index contributed by atoms with van der Waals surface area (Å²) in [4.78, 5) is 1.91. The van der Waals surface area contributed by atoms with Crippen LogP contribution in [0.1, 0.15) is 6.42 Å². The van der Waals surface area contributed by atoms with E-state index in [1.807, 2.05) is 25.1 Å². The molecule has 0 saturated carbocycles. The lowest BCUT2D eigenvalue weighted by Gasteiger charge is -2.10. The highest BCUT2D eigenvalue weighted by Gasteiger charge is 2.06. The molecule has 1 unspecified atom stereocenters. The van der Waals surface area contributed by atoms with Gasteiger partial charge in [-0.3, -0.25) is 0 Å². The average Bonchev–Trinajstić information content (AvgIpc) is 1.86. The predicted octanol–water partition coefficient (Wildman–Crippen LogP) is 0.601. The second-order valence-electron chi connectivity index (χ2n) is 2.45. The molecule has 0 amide bonds. The van der Waals surface area contributed by atoms with Gasteiger partial charge >= 0.3 is 0 Å². The van der Waals surface area contributed by atoms with Gasteiger partial charge in [0.15, 0.2) is 0 Å². The Labute approximate surface area is 61.5 Å². The van der Waals surface area contributed by atoms with E-state index in [4.69, 9.17) is 10.5 Å². The van der Waals surface area contributed by atoms with Gasteiger partial charge in [0.2, 0.25) is 0 Å². The summed E-state index contributed by atoms with van der Waals surface area (Å²) in [5.74, 6) is -0.139. The monoisotopic (exact) mass is 137 g/mol. The second-order valence-corrected chi connectivity index (χ2v) is 2.45. The molecule has 0 aromatic heterocycles. The van der Waals surface area contributed by atoms with E-state index in [0.717, 1.165) is 0 Å². The molecule has 1 atom stereocenters. The largest absolute Gasteiger partial charge is 0.308 e. The molecular formula is C7H11N3. The van der Waals surface area contributed by atoms with E-state index in [2.05, 4.69) is 6.07 Å². The summed E-state index contributed by atoms with van der Waals surface area (Å²) in [6.07, 6.45) is 0.328. The Morgan fingerprint density at radius 3 is 2.30 bits per heavy atom. The molecule has 0 aliphatic rings. The van der Waals surface area contributed by atoms with Gasteiger partial charge in [0.25, 0.3) is 0 Å². The molecular weight excluding hydrogens is 126 g/mol. The van der Waals surface area contributed by atoms with Crippen molar-refractivity contribution < 1.29 is 0 Å². The molecule has 3 nitrogen and oxygen atoms in total. The highest BCUT2D eigenvalue weighted by Crippen LogP contribution is 2.00. The van der Waals surface area contributed by atoms with Crippen LogP contribution in [-0.2, 0) is 0 Å². The molecule has 0 spiro atoms. The smallest absolute Gasteiger partial charge is 0.0720 e. The minimum absolute atomic E-state index is 0.139. The van der Waals surface area contributed by atoms with Gasteiger partial charge in [-0.15, -0.1) is 0 Å². The van der Waals surface area contributed by atoms with Crippen LogP contribution in [0.3, 0.4) is 0 Å². The van der Waals surface area contributed by atoms with Crippen LogP contribution in [0.2, 0.25) is 0 Å². The van der Waals surface area contributed by atoms with Crippen LogP contribution in [0.25, 0.3) is 0 Å². The van der Waals surface area contributed by atoms with Gasteiger partial charge in [-0.1, -0.05) is 0 Å². The summed E-state index contributed by atoms with van der Waals surface area (Å²) in [6.45, 7) is 0.671. The molecule has 0 aromatic rings. The van der Waals surface area contributed by atoms with E-state index in [0.29, 0.717) is 13.0 Å². The highest BCUT2D eigenvalue weighted by molar-refractivity contribution is 4.90. The first-order valence-corrected chi connectivity index (χ1v) is 3.12. The van der Waals surface area contributed by atoms with Crippen LogP contribution in [0.4, 0.5) is 0 Å². The number of rotatable bonds is 3. The maximum atomic E-state index is 8.48. The van der Waals surface area contributed by atoms with Crippen LogP contribution >= 0.6 is 0 Å². The van der Waals surface area contributed by atoms with Gasteiger partial charge in [-0.25, -0.2) is 0 Å². The molecule has 0 aliphatic heterocycles. The Balaban J connectivity index is 3.66. The van der Waals surface area contributed by atoms with Crippen molar-refractivity contribution in [2.75, 3.05) is 20.6 Å². The number of nitrogens with zero attached hydrogens (tertiary/aromatic N) is 3. The third-order valence-electron chi connectivity index (χ3n) is 1.11. The molecule has 0 radical (unpaired) electrons. The first-order chi connectivity index (χ1) is 4.70. The fourth-order valence-corrected chi connectivity index (χ4v) is 0.702. The predicted molar refractivity (Wildman–Crippen MR) is 37.9 cm³/mol. The lowest BCUT2D eigenvalue weighted by Crippen LogP contribution is -2.20. The quantitative estimate of drug-likeness (QED) is 0.572. The van der Waals surface area contributed by atoms with Crippen molar-refractivity contribution in [1.82, 2.24) is 4.90 Å². The molecule has 0 bridgehead atoms. The molecule has 0 N–H and O–H groups in total. The zero-order chi connectivity index (χ0) is 7.98. The van der Waals surface area contributed by atoms with Crippen molar-refractivity contribution in [1.29, 1.82) is 10.5 Å². The summed E-state index contributed by atoms with van der Waals surface area (Å²) in [5, 5.41) is 16.7. The molecule has 0 aliphatic carbocycles. The highest BCUT2D eigenvalue weighted by atomic mass is 15.1. The van der Waals surface area contributed by atoms with Gasteiger partial charge in [-0.2, -0.15) is 10.5 Å². The van der Waals surface area contributed by atoms with Crippen molar-refractivity contribution in [3.63, 3.8) is 0 Å². The standard InChI is InChI=1S/C7H11N3/c1-10(2)6-7(5-9)3-4-8/h7H,3,6H2,1-2H3. The summed E-state index contributed by atoms with van der Waals surface area (Å²) >= 11 is 0. The molecule has 0 rings (SSSR count). The molecule has 0 fully saturated rings. The zero-order valence-electron chi connectivity index (χ0n) is 6.33. The van der Waals surface area contributed by atoms with E-state index >= 15 is 0 Å². The first kappa shape index (κ1) is 8.94. The molecule has 0 heterocycles. The van der Waals surface area contributed by atoms with Crippen LogP contribution < -0.4 is 0 Å². The number of nitriles is 2. The minimum atomic E-state index is -0.139. The maximum absolute atomic E-state index is 8.48. The Bertz CT molecular complexity index is 161. The minimum Gasteiger partial charge on any atom is -0.308 e. The van der Waals surface area contributed by atoms with Crippen LogP contribution in [0.5, 0.6) is 0 Å². The van der Waals surface area contributed by atoms with E-state index in [9.17, 15) is 0 Å². The van der Waals surface area contributed by atoms with Crippen molar-refractivity contribution in [3.8, 4) is 12.1 Å². The van der Waals surface area contributed by atoms with Crippen LogP contribution in [0, 0.1) is 28.6 Å². The van der Waals surface area contributed by atoms with Gasteiger partial charge < -0.3 is 4.90 Å². The third kappa shape index (κ3) is 3.88. The zero-order valence-corrected chi connectivity index (χ0v) is 6.33. The molecule has 0 saturated heterocycles. The lowest BCUT2D eigenvalue weighted by molar-refractivity contribution is 0.365. The second kappa shape index (κ2) is 4.78. The maximum Gasteiger partial charge on any atom is 0.0720 e. The van der Waals surface area contributed by atoms with Gasteiger partial charge in [0.05, 0.1) is 24.5 Å². The summed E-state index contributed by atoms with van der Waals surface area (Å²) in [6, 6.07) is 4.05. The van der Waals surface area contributed by atoms with Crippen molar-refractivity contribution in [2.24, 2.45) is 5.92 Å². The average molecular weight is 137 g/mol. The van der Waals surface area contributed by atoms with Gasteiger partial charge in [0, 0.05) is 6.54 Å². The Morgan fingerprint density at radius 2 is 2.00 bits per heavy atom. The summed E-state index contributed by atoms with van der Waals surface area (Å²) in [7, 11) is 3.78. The topological polar surface area (TPSA) is 50.8 Å². The number of hydrogen-bond acceptors (Lipinski definition) is 3. The Morgan fingerprint density at radius 1 is 1.40 bits per heavy atom. The normalized spacial score (nSPS) is 12.1. The van der Waals surface area contributed by atoms with Crippen LogP contribution in [0.15, 0.2) is 0 Å². The van der Waals surface area contributed by atoms with Crippen molar-refractivity contribution in [3.05, 3.63) is 0 Å². The summed E-state index contributed by atoms with van der Waals surface area (Å²) in [5.41, 5.74) is 0. The molecule has 0 aromatic carbocycles. The summed E-state index contributed by atoms with van der Waals surface area (Å²) < 4.78 is 0. The molecule has 3 heteroatoms. The Kier molecular flexibility index (Phi) is 4.28. The Hall–Kier alpha value is -1.06. The van der Waals surface area contributed by atoms with Crippen LogP contribution in [-0.4, -0.2) is 25.5 Å². The third-order valence-corrected chi connectivity index (χ3v) is 1.11. The SMILES string of the molecule is CN(C)CC(C#N)CC#N. The fraction of sp³-hybridized carbons (Fsp3) is 0.714. The van der Waals surface area contributed by atoms with Gasteiger partial charge in [0.1, 0.15) is 0 Å². The van der Waals surface area contributed by atoms with E-state index < -0.39 is 0 Å². The molecule has 10 heavy (non-hydrogen) atoms. The van der Waals surface area contributed by atoms with Gasteiger partial charge in [-0.05, 0) is 14.1 Å². The van der Waals surface area contributed by atoms with Crippen molar-refractivity contribution >= 4 is 0 Å². The number of hydrogen-bond donors (Lipinski definition) is 0.